The molecule has 5 heteroatoms. The Kier molecular flexibility index (Phi) is 6.60. The van der Waals surface area contributed by atoms with Gasteiger partial charge in [-0.05, 0) is 91.8 Å². The molecule has 0 radical (unpaired) electrons. The van der Waals surface area contributed by atoms with Crippen LogP contribution in [0.4, 0.5) is 0 Å². The van der Waals surface area contributed by atoms with Crippen LogP contribution in [0, 0.1) is 46.3 Å². The van der Waals surface area contributed by atoms with Crippen molar-refractivity contribution in [1.29, 1.82) is 0 Å². The highest BCUT2D eigenvalue weighted by molar-refractivity contribution is 5.20. The molecule has 0 aromatic carbocycles. The van der Waals surface area contributed by atoms with Gasteiger partial charge in [-0.1, -0.05) is 34.6 Å². The first kappa shape index (κ1) is 24.9. The standard InChI is InChI=1S/C27H48O5/c1-15(2)20(29)7-6-16(3)18-13-21(30)24-26(18,5)11-9-23-25(4)10-8-17(28)12-19(25)22(31)14-27(23,24)32/h15-24,28-32H,6-14H2,1-5H3/t16-,17+,18-,19-,20+,21+,22-,23-,24-,25+,26-,27+/m1/s1. The first-order valence-corrected chi connectivity index (χ1v) is 13.3. The molecule has 0 amide bonds. The Morgan fingerprint density at radius 3 is 2.19 bits per heavy atom. The zero-order valence-electron chi connectivity index (χ0n) is 20.9. The van der Waals surface area contributed by atoms with Crippen molar-refractivity contribution in [3.63, 3.8) is 0 Å². The second-order valence-electron chi connectivity index (χ2n) is 13.2. The molecule has 32 heavy (non-hydrogen) atoms. The number of hydrogen-bond acceptors (Lipinski definition) is 5. The summed E-state index contributed by atoms with van der Waals surface area (Å²) in [6, 6.07) is 0. The van der Waals surface area contributed by atoms with Gasteiger partial charge in [-0.15, -0.1) is 0 Å². The number of hydrogen-bond donors (Lipinski definition) is 5. The monoisotopic (exact) mass is 452 g/mol. The fourth-order valence-electron chi connectivity index (χ4n) is 9.37. The minimum absolute atomic E-state index is 0.0201. The van der Waals surface area contributed by atoms with E-state index in [1.165, 1.54) is 0 Å². The Labute approximate surface area is 194 Å². The molecule has 0 unspecified atom stereocenters. The lowest BCUT2D eigenvalue weighted by molar-refractivity contribution is -0.263. The molecule has 0 aliphatic heterocycles. The fraction of sp³-hybridized carbons (Fsp3) is 1.00. The van der Waals surface area contributed by atoms with Crippen LogP contribution in [0.3, 0.4) is 0 Å². The third kappa shape index (κ3) is 3.69. The molecular formula is C27H48O5. The highest BCUT2D eigenvalue weighted by Gasteiger charge is 2.70. The highest BCUT2D eigenvalue weighted by Crippen LogP contribution is 2.69. The van der Waals surface area contributed by atoms with Gasteiger partial charge < -0.3 is 25.5 Å². The van der Waals surface area contributed by atoms with Gasteiger partial charge in [0, 0.05) is 12.3 Å². The summed E-state index contributed by atoms with van der Waals surface area (Å²) >= 11 is 0. The summed E-state index contributed by atoms with van der Waals surface area (Å²) in [6.45, 7) is 10.8. The zero-order chi connectivity index (χ0) is 23.6. The van der Waals surface area contributed by atoms with Crippen LogP contribution in [0.25, 0.3) is 0 Å². The summed E-state index contributed by atoms with van der Waals surface area (Å²) in [6.07, 6.45) is 4.97. The fourth-order valence-corrected chi connectivity index (χ4v) is 9.37. The van der Waals surface area contributed by atoms with Crippen LogP contribution in [-0.2, 0) is 0 Å². The molecule has 12 atom stereocenters. The van der Waals surface area contributed by atoms with E-state index in [1.54, 1.807) is 0 Å². The summed E-state index contributed by atoms with van der Waals surface area (Å²) in [5.74, 6) is 0.780. The molecule has 0 bridgehead atoms. The summed E-state index contributed by atoms with van der Waals surface area (Å²) in [4.78, 5) is 0. The molecule has 4 saturated carbocycles. The number of aliphatic hydroxyl groups excluding tert-OH is 4. The van der Waals surface area contributed by atoms with E-state index in [0.717, 1.165) is 38.5 Å². The second-order valence-corrected chi connectivity index (χ2v) is 13.2. The van der Waals surface area contributed by atoms with Gasteiger partial charge in [-0.3, -0.25) is 0 Å². The predicted octanol–water partition coefficient (Wildman–Crippen LogP) is 3.50. The van der Waals surface area contributed by atoms with Crippen LogP contribution in [-0.4, -0.2) is 55.5 Å². The molecule has 0 aromatic rings. The maximum atomic E-state index is 12.3. The van der Waals surface area contributed by atoms with E-state index in [9.17, 15) is 25.5 Å². The molecule has 0 spiro atoms. The number of aliphatic hydroxyl groups is 5. The van der Waals surface area contributed by atoms with Crippen molar-refractivity contribution in [2.45, 2.75) is 122 Å². The molecule has 5 nitrogen and oxygen atoms in total. The van der Waals surface area contributed by atoms with Gasteiger partial charge in [-0.25, -0.2) is 0 Å². The Balaban J connectivity index is 1.59. The van der Waals surface area contributed by atoms with E-state index in [4.69, 9.17) is 0 Å². The van der Waals surface area contributed by atoms with Gasteiger partial charge in [-0.2, -0.15) is 0 Å². The first-order valence-electron chi connectivity index (χ1n) is 13.3. The minimum Gasteiger partial charge on any atom is -0.393 e. The lowest BCUT2D eigenvalue weighted by Gasteiger charge is -2.66. The third-order valence-corrected chi connectivity index (χ3v) is 11.1. The van der Waals surface area contributed by atoms with Crippen LogP contribution in [0.2, 0.25) is 0 Å². The van der Waals surface area contributed by atoms with E-state index in [0.29, 0.717) is 31.1 Å². The third-order valence-electron chi connectivity index (χ3n) is 11.1. The molecule has 186 valence electrons. The number of rotatable bonds is 5. The molecule has 0 heterocycles. The van der Waals surface area contributed by atoms with Crippen molar-refractivity contribution in [3.05, 3.63) is 0 Å². The molecule has 0 aromatic heterocycles. The highest BCUT2D eigenvalue weighted by atomic mass is 16.3. The Hall–Kier alpha value is -0.200. The van der Waals surface area contributed by atoms with E-state index in [2.05, 4.69) is 34.6 Å². The molecular weight excluding hydrogens is 404 g/mol. The SMILES string of the molecule is CC(C)[C@@H](O)CC[C@@H](C)[C@H]1C[C@H](O)[C@@H]2[C@]1(C)CC[C@@H]1[C@@]3(C)CC[C@H](O)C[C@@H]3[C@H](O)C[C@]12O. The minimum atomic E-state index is -1.06. The van der Waals surface area contributed by atoms with Crippen molar-refractivity contribution in [1.82, 2.24) is 0 Å². The van der Waals surface area contributed by atoms with Crippen molar-refractivity contribution >= 4 is 0 Å². The lowest BCUT2D eigenvalue weighted by atomic mass is 9.42. The average molecular weight is 453 g/mol. The van der Waals surface area contributed by atoms with Crippen molar-refractivity contribution in [2.75, 3.05) is 0 Å². The van der Waals surface area contributed by atoms with Gasteiger partial charge in [0.15, 0.2) is 0 Å². The van der Waals surface area contributed by atoms with Crippen LogP contribution in [0.5, 0.6) is 0 Å². The normalized spacial score (nSPS) is 52.8. The summed E-state index contributed by atoms with van der Waals surface area (Å²) in [5, 5.41) is 55.4. The van der Waals surface area contributed by atoms with E-state index in [1.807, 2.05) is 0 Å². The topological polar surface area (TPSA) is 101 Å². The van der Waals surface area contributed by atoms with Crippen LogP contribution < -0.4 is 0 Å². The van der Waals surface area contributed by atoms with E-state index >= 15 is 0 Å². The van der Waals surface area contributed by atoms with E-state index < -0.39 is 17.8 Å². The smallest absolute Gasteiger partial charge is 0.0763 e. The second kappa shape index (κ2) is 8.48. The average Bonchev–Trinajstić information content (AvgIpc) is 2.98. The number of fused-ring (bicyclic) bond motifs is 5. The van der Waals surface area contributed by atoms with Gasteiger partial charge in [0.05, 0.1) is 30.0 Å². The van der Waals surface area contributed by atoms with Crippen molar-refractivity contribution in [3.8, 4) is 0 Å². The van der Waals surface area contributed by atoms with Crippen molar-refractivity contribution in [2.24, 2.45) is 46.3 Å². The molecule has 4 aliphatic rings. The first-order chi connectivity index (χ1) is 14.8. The Morgan fingerprint density at radius 2 is 1.53 bits per heavy atom. The van der Waals surface area contributed by atoms with Crippen LogP contribution in [0.1, 0.15) is 92.4 Å². The summed E-state index contributed by atoms with van der Waals surface area (Å²) < 4.78 is 0. The van der Waals surface area contributed by atoms with Crippen LogP contribution in [0.15, 0.2) is 0 Å². The van der Waals surface area contributed by atoms with Crippen molar-refractivity contribution < 1.29 is 25.5 Å². The van der Waals surface area contributed by atoms with Gasteiger partial charge in [0.25, 0.3) is 0 Å². The zero-order valence-corrected chi connectivity index (χ0v) is 20.9. The molecule has 5 N–H and O–H groups in total. The van der Waals surface area contributed by atoms with Gasteiger partial charge in [0.1, 0.15) is 0 Å². The quantitative estimate of drug-likeness (QED) is 0.440. The van der Waals surface area contributed by atoms with Crippen LogP contribution >= 0.6 is 0 Å². The van der Waals surface area contributed by atoms with E-state index in [-0.39, 0.29) is 46.7 Å². The summed E-state index contributed by atoms with van der Waals surface area (Å²) in [5.41, 5.74) is -1.42. The molecule has 4 aliphatic carbocycles. The Morgan fingerprint density at radius 1 is 0.875 bits per heavy atom. The predicted molar refractivity (Wildman–Crippen MR) is 125 cm³/mol. The maximum absolute atomic E-state index is 12.3. The lowest BCUT2D eigenvalue weighted by Crippen LogP contribution is -2.68. The largest absolute Gasteiger partial charge is 0.393 e. The summed E-state index contributed by atoms with van der Waals surface area (Å²) in [7, 11) is 0. The maximum Gasteiger partial charge on any atom is 0.0763 e. The molecule has 0 saturated heterocycles. The van der Waals surface area contributed by atoms with Gasteiger partial charge >= 0.3 is 0 Å². The Bertz CT molecular complexity index is 683. The van der Waals surface area contributed by atoms with Gasteiger partial charge in [0.2, 0.25) is 0 Å². The molecule has 4 rings (SSSR count). The molecule has 4 fully saturated rings.